The highest BCUT2D eigenvalue weighted by molar-refractivity contribution is 5.77. The van der Waals surface area contributed by atoms with Gasteiger partial charge in [0.15, 0.2) is 0 Å². The van der Waals surface area contributed by atoms with Crippen LogP contribution in [0.2, 0.25) is 0 Å². The maximum atomic E-state index is 13.2. The molecule has 0 aliphatic heterocycles. The zero-order valence-corrected chi connectivity index (χ0v) is 12.1. The van der Waals surface area contributed by atoms with Gasteiger partial charge in [-0.2, -0.15) is 0 Å². The first-order chi connectivity index (χ1) is 10.1. The van der Waals surface area contributed by atoms with Crippen LogP contribution in [0.3, 0.4) is 0 Å². The number of rotatable bonds is 7. The Bertz CT molecular complexity index is 615. The summed E-state index contributed by atoms with van der Waals surface area (Å²) in [4.78, 5) is 20.6. The molecule has 0 radical (unpaired) electrons. The number of nitrogens with zero attached hydrogens (tertiary/aromatic N) is 2. The second-order valence-electron chi connectivity index (χ2n) is 4.53. The summed E-state index contributed by atoms with van der Waals surface area (Å²) in [5.74, 6) is -0.0353. The van der Waals surface area contributed by atoms with Crippen LogP contribution in [0.15, 0.2) is 18.2 Å². The Morgan fingerprint density at radius 1 is 1.38 bits per heavy atom. The molecule has 1 heterocycles. The molecule has 6 nitrogen and oxygen atoms in total. The number of imidazole rings is 1. The molecule has 0 saturated carbocycles. The molecule has 0 aliphatic rings. The molecule has 1 N–H and O–H groups in total. The Kier molecular flexibility index (Phi) is 5.10. The van der Waals surface area contributed by atoms with Crippen LogP contribution < -0.4 is 4.90 Å². The quantitative estimate of drug-likeness (QED) is 0.788. The SMILES string of the molecule is COCCN(CCC(=O)OC)c1nc2ccc(F)cc2[nH]1. The van der Waals surface area contributed by atoms with Crippen molar-refractivity contribution in [1.29, 1.82) is 0 Å². The third kappa shape index (κ3) is 3.91. The maximum absolute atomic E-state index is 13.2. The third-order valence-electron chi connectivity index (χ3n) is 3.11. The highest BCUT2D eigenvalue weighted by Gasteiger charge is 2.13. The van der Waals surface area contributed by atoms with Gasteiger partial charge >= 0.3 is 5.97 Å². The molecular weight excluding hydrogens is 277 g/mol. The minimum Gasteiger partial charge on any atom is -0.469 e. The lowest BCUT2D eigenvalue weighted by Gasteiger charge is -2.20. The summed E-state index contributed by atoms with van der Waals surface area (Å²) < 4.78 is 22.9. The number of aromatic nitrogens is 2. The molecule has 0 amide bonds. The first-order valence-electron chi connectivity index (χ1n) is 6.60. The van der Waals surface area contributed by atoms with E-state index >= 15 is 0 Å². The Hall–Kier alpha value is -2.15. The number of aromatic amines is 1. The van der Waals surface area contributed by atoms with Gasteiger partial charge in [-0.3, -0.25) is 4.79 Å². The number of anilines is 1. The van der Waals surface area contributed by atoms with E-state index in [2.05, 4.69) is 14.7 Å². The van der Waals surface area contributed by atoms with Gasteiger partial charge in [0.2, 0.25) is 5.95 Å². The van der Waals surface area contributed by atoms with Crippen molar-refractivity contribution >= 4 is 23.0 Å². The highest BCUT2D eigenvalue weighted by Crippen LogP contribution is 2.18. The molecule has 1 aromatic heterocycles. The Labute approximate surface area is 121 Å². The predicted molar refractivity (Wildman–Crippen MR) is 76.8 cm³/mol. The van der Waals surface area contributed by atoms with Crippen molar-refractivity contribution in [3.05, 3.63) is 24.0 Å². The second-order valence-corrected chi connectivity index (χ2v) is 4.53. The minimum atomic E-state index is -0.323. The van der Waals surface area contributed by atoms with Gasteiger partial charge in [-0.05, 0) is 18.2 Å². The van der Waals surface area contributed by atoms with E-state index in [1.54, 1.807) is 13.2 Å². The van der Waals surface area contributed by atoms with Crippen LogP contribution in [0.1, 0.15) is 6.42 Å². The zero-order chi connectivity index (χ0) is 15.2. The Morgan fingerprint density at radius 2 is 2.19 bits per heavy atom. The summed E-state index contributed by atoms with van der Waals surface area (Å²) >= 11 is 0. The highest BCUT2D eigenvalue weighted by atomic mass is 19.1. The van der Waals surface area contributed by atoms with Crippen LogP contribution >= 0.6 is 0 Å². The first kappa shape index (κ1) is 15.2. The van der Waals surface area contributed by atoms with Crippen molar-refractivity contribution in [2.75, 3.05) is 38.8 Å². The second kappa shape index (κ2) is 7.03. The smallest absolute Gasteiger partial charge is 0.307 e. The van der Waals surface area contributed by atoms with E-state index in [0.29, 0.717) is 36.7 Å². The molecular formula is C14H18FN3O3. The minimum absolute atomic E-state index is 0.242. The van der Waals surface area contributed by atoms with E-state index in [1.807, 2.05) is 4.90 Å². The number of fused-ring (bicyclic) bond motifs is 1. The van der Waals surface area contributed by atoms with Gasteiger partial charge in [-0.1, -0.05) is 0 Å². The average molecular weight is 295 g/mol. The number of ether oxygens (including phenoxy) is 2. The lowest BCUT2D eigenvalue weighted by atomic mass is 10.3. The molecule has 0 fully saturated rings. The lowest BCUT2D eigenvalue weighted by Crippen LogP contribution is -2.30. The monoisotopic (exact) mass is 295 g/mol. The maximum Gasteiger partial charge on any atom is 0.307 e. The molecule has 0 saturated heterocycles. The summed E-state index contributed by atoms with van der Waals surface area (Å²) in [7, 11) is 2.96. The largest absolute Gasteiger partial charge is 0.469 e. The van der Waals surface area contributed by atoms with Crippen molar-refractivity contribution < 1.29 is 18.7 Å². The van der Waals surface area contributed by atoms with Crippen LogP contribution in [0.5, 0.6) is 0 Å². The zero-order valence-electron chi connectivity index (χ0n) is 12.1. The van der Waals surface area contributed by atoms with Gasteiger partial charge < -0.3 is 19.4 Å². The number of esters is 1. The summed E-state index contributed by atoms with van der Waals surface area (Å²) in [5.41, 5.74) is 1.29. The number of carbonyl (C=O) groups excluding carboxylic acids is 1. The van der Waals surface area contributed by atoms with Gasteiger partial charge in [0, 0.05) is 20.2 Å². The van der Waals surface area contributed by atoms with Crippen LogP contribution in [0.4, 0.5) is 10.3 Å². The molecule has 0 spiro atoms. The summed E-state index contributed by atoms with van der Waals surface area (Å²) in [5, 5.41) is 0. The molecule has 2 aromatic rings. The predicted octanol–water partition coefficient (Wildman–Crippen LogP) is 1.72. The van der Waals surface area contributed by atoms with E-state index in [9.17, 15) is 9.18 Å². The molecule has 0 unspecified atom stereocenters. The number of nitrogens with one attached hydrogen (secondary N) is 1. The van der Waals surface area contributed by atoms with Crippen molar-refractivity contribution in [3.63, 3.8) is 0 Å². The van der Waals surface area contributed by atoms with E-state index < -0.39 is 0 Å². The normalized spacial score (nSPS) is 10.8. The number of carbonyl (C=O) groups is 1. The van der Waals surface area contributed by atoms with Gasteiger partial charge in [0.25, 0.3) is 0 Å². The molecule has 1 aromatic carbocycles. The van der Waals surface area contributed by atoms with E-state index in [0.717, 1.165) is 0 Å². The molecule has 114 valence electrons. The number of hydrogen-bond donors (Lipinski definition) is 1. The van der Waals surface area contributed by atoms with Crippen LogP contribution in [0, 0.1) is 5.82 Å². The van der Waals surface area contributed by atoms with Gasteiger partial charge in [-0.25, -0.2) is 9.37 Å². The number of benzene rings is 1. The van der Waals surface area contributed by atoms with Gasteiger partial charge in [0.1, 0.15) is 5.82 Å². The van der Waals surface area contributed by atoms with Crippen molar-refractivity contribution in [2.24, 2.45) is 0 Å². The fourth-order valence-corrected chi connectivity index (χ4v) is 1.97. The van der Waals surface area contributed by atoms with Gasteiger partial charge in [0.05, 0.1) is 31.2 Å². The molecule has 7 heteroatoms. The number of methoxy groups -OCH3 is 2. The molecule has 21 heavy (non-hydrogen) atoms. The van der Waals surface area contributed by atoms with Crippen molar-refractivity contribution in [3.8, 4) is 0 Å². The Balaban J connectivity index is 2.18. The Morgan fingerprint density at radius 3 is 2.90 bits per heavy atom. The summed E-state index contributed by atoms with van der Waals surface area (Å²) in [6.45, 7) is 1.50. The van der Waals surface area contributed by atoms with Crippen LogP contribution in [0.25, 0.3) is 11.0 Å². The summed E-state index contributed by atoms with van der Waals surface area (Å²) in [6.07, 6.45) is 0.242. The lowest BCUT2D eigenvalue weighted by molar-refractivity contribution is -0.140. The fraction of sp³-hybridized carbons (Fsp3) is 0.429. The number of H-pyrrole nitrogens is 1. The average Bonchev–Trinajstić information content (AvgIpc) is 2.89. The van der Waals surface area contributed by atoms with E-state index in [1.165, 1.54) is 19.2 Å². The summed E-state index contributed by atoms with van der Waals surface area (Å²) in [6, 6.07) is 4.36. The first-order valence-corrected chi connectivity index (χ1v) is 6.60. The number of halogens is 1. The van der Waals surface area contributed by atoms with Crippen molar-refractivity contribution in [2.45, 2.75) is 6.42 Å². The number of hydrogen-bond acceptors (Lipinski definition) is 5. The van der Waals surface area contributed by atoms with E-state index in [4.69, 9.17) is 4.74 Å². The van der Waals surface area contributed by atoms with Crippen LogP contribution in [-0.2, 0) is 14.3 Å². The van der Waals surface area contributed by atoms with Crippen molar-refractivity contribution in [1.82, 2.24) is 9.97 Å². The molecule has 0 bridgehead atoms. The third-order valence-corrected chi connectivity index (χ3v) is 3.11. The standard InChI is InChI=1S/C14H18FN3O3/c1-20-8-7-18(6-5-13(19)21-2)14-16-11-4-3-10(15)9-12(11)17-14/h3-4,9H,5-8H2,1-2H3,(H,16,17). The topological polar surface area (TPSA) is 67.4 Å². The molecule has 0 atom stereocenters. The molecule has 0 aliphatic carbocycles. The van der Waals surface area contributed by atoms with Gasteiger partial charge in [-0.15, -0.1) is 0 Å². The van der Waals surface area contributed by atoms with E-state index in [-0.39, 0.29) is 18.2 Å². The molecule has 2 rings (SSSR count). The fourth-order valence-electron chi connectivity index (χ4n) is 1.97. The van der Waals surface area contributed by atoms with Crippen LogP contribution in [-0.4, -0.2) is 49.9 Å².